The van der Waals surface area contributed by atoms with Gasteiger partial charge >= 0.3 is 6.61 Å². The Labute approximate surface area is 115 Å². The second-order valence-electron chi connectivity index (χ2n) is 4.14. The van der Waals surface area contributed by atoms with Gasteiger partial charge in [-0.05, 0) is 12.1 Å². The molecule has 0 spiro atoms. The van der Waals surface area contributed by atoms with Gasteiger partial charge in [0, 0.05) is 5.56 Å². The Hall–Kier alpha value is -2.97. The third kappa shape index (κ3) is 2.53. The molecule has 21 heavy (non-hydrogen) atoms. The maximum absolute atomic E-state index is 12.2. The van der Waals surface area contributed by atoms with Crippen LogP contribution in [0.25, 0.3) is 22.6 Å². The second kappa shape index (κ2) is 4.85. The number of aromatic amines is 2. The number of nitrogens with one attached hydrogen (secondary N) is 2. The Morgan fingerprint density at radius 1 is 1.24 bits per heavy atom. The molecule has 0 fully saturated rings. The number of nitrogens with two attached hydrogens (primary N) is 1. The number of benzene rings is 1. The Morgan fingerprint density at radius 2 is 2.05 bits per heavy atom. The van der Waals surface area contributed by atoms with Crippen molar-refractivity contribution in [3.8, 4) is 17.1 Å². The topological polar surface area (TPSA) is 110 Å². The number of imidazole rings is 1. The molecule has 2 heterocycles. The van der Waals surface area contributed by atoms with Crippen LogP contribution >= 0.6 is 0 Å². The summed E-state index contributed by atoms with van der Waals surface area (Å²) in [7, 11) is 0. The van der Waals surface area contributed by atoms with E-state index >= 15 is 0 Å². The largest absolute Gasteiger partial charge is 0.435 e. The van der Waals surface area contributed by atoms with Crippen LogP contribution in [0.4, 0.5) is 14.7 Å². The minimum Gasteiger partial charge on any atom is -0.435 e. The molecule has 108 valence electrons. The summed E-state index contributed by atoms with van der Waals surface area (Å²) in [6.07, 6.45) is 0. The first-order valence-corrected chi connectivity index (χ1v) is 5.83. The van der Waals surface area contributed by atoms with Crippen molar-refractivity contribution < 1.29 is 13.5 Å². The number of fused-ring (bicyclic) bond motifs is 1. The van der Waals surface area contributed by atoms with E-state index in [9.17, 15) is 13.6 Å². The number of nitrogen functional groups attached to an aromatic ring is 1. The van der Waals surface area contributed by atoms with Crippen molar-refractivity contribution in [3.05, 3.63) is 34.6 Å². The number of halogens is 2. The average Bonchev–Trinajstić information content (AvgIpc) is 2.82. The normalized spacial score (nSPS) is 11.2. The van der Waals surface area contributed by atoms with E-state index in [-0.39, 0.29) is 22.9 Å². The minimum absolute atomic E-state index is 0.00987. The molecule has 4 N–H and O–H groups in total. The highest BCUT2D eigenvalue weighted by molar-refractivity contribution is 5.76. The molecule has 2 aromatic heterocycles. The highest BCUT2D eigenvalue weighted by Gasteiger charge is 2.11. The number of aromatic nitrogens is 4. The number of alkyl halides is 2. The number of ether oxygens (including phenoxy) is 1. The smallest absolute Gasteiger partial charge is 0.387 e. The summed E-state index contributed by atoms with van der Waals surface area (Å²) in [5.74, 6) is 0.234. The quantitative estimate of drug-likeness (QED) is 0.678. The van der Waals surface area contributed by atoms with Crippen molar-refractivity contribution in [2.75, 3.05) is 5.73 Å². The fourth-order valence-corrected chi connectivity index (χ4v) is 1.88. The van der Waals surface area contributed by atoms with Crippen molar-refractivity contribution in [3.63, 3.8) is 0 Å². The van der Waals surface area contributed by atoms with Gasteiger partial charge in [0.05, 0.1) is 0 Å². The number of rotatable bonds is 3. The van der Waals surface area contributed by atoms with Crippen LogP contribution in [-0.2, 0) is 0 Å². The maximum Gasteiger partial charge on any atom is 0.387 e. The highest BCUT2D eigenvalue weighted by atomic mass is 19.3. The summed E-state index contributed by atoms with van der Waals surface area (Å²) < 4.78 is 28.7. The molecular weight excluding hydrogens is 284 g/mol. The summed E-state index contributed by atoms with van der Waals surface area (Å²) >= 11 is 0. The molecule has 0 saturated carbocycles. The van der Waals surface area contributed by atoms with Crippen LogP contribution in [0.15, 0.2) is 29.1 Å². The van der Waals surface area contributed by atoms with Gasteiger partial charge < -0.3 is 15.5 Å². The van der Waals surface area contributed by atoms with Gasteiger partial charge in [-0.2, -0.15) is 13.8 Å². The number of hydrogen-bond acceptors (Lipinski definition) is 5. The second-order valence-corrected chi connectivity index (χ2v) is 4.14. The lowest BCUT2D eigenvalue weighted by atomic mass is 10.2. The molecule has 0 aliphatic rings. The zero-order valence-electron chi connectivity index (χ0n) is 10.4. The lowest BCUT2D eigenvalue weighted by molar-refractivity contribution is -0.0498. The minimum atomic E-state index is -2.92. The van der Waals surface area contributed by atoms with Gasteiger partial charge in [0.1, 0.15) is 11.6 Å². The summed E-state index contributed by atoms with van der Waals surface area (Å²) in [4.78, 5) is 24.8. The van der Waals surface area contributed by atoms with Crippen LogP contribution in [0.5, 0.6) is 5.75 Å². The molecule has 0 aliphatic heterocycles. The van der Waals surface area contributed by atoms with Gasteiger partial charge in [-0.15, -0.1) is 0 Å². The monoisotopic (exact) mass is 293 g/mol. The maximum atomic E-state index is 12.2. The van der Waals surface area contributed by atoms with E-state index in [4.69, 9.17) is 5.73 Å². The Bertz CT molecular complexity index is 858. The molecule has 0 unspecified atom stereocenters. The van der Waals surface area contributed by atoms with E-state index in [1.165, 1.54) is 18.2 Å². The Balaban J connectivity index is 2.08. The van der Waals surface area contributed by atoms with Crippen molar-refractivity contribution in [1.29, 1.82) is 0 Å². The van der Waals surface area contributed by atoms with Crippen LogP contribution < -0.4 is 16.0 Å². The van der Waals surface area contributed by atoms with Gasteiger partial charge in [0.2, 0.25) is 5.95 Å². The number of nitrogens with zero attached hydrogens (tertiary/aromatic N) is 2. The third-order valence-corrected chi connectivity index (χ3v) is 2.71. The Morgan fingerprint density at radius 3 is 2.81 bits per heavy atom. The zero-order valence-corrected chi connectivity index (χ0v) is 10.4. The summed E-state index contributed by atoms with van der Waals surface area (Å²) in [6.45, 7) is -2.92. The van der Waals surface area contributed by atoms with Crippen LogP contribution in [0.2, 0.25) is 0 Å². The summed E-state index contributed by atoms with van der Waals surface area (Å²) in [6, 6.07) is 5.93. The first-order chi connectivity index (χ1) is 10.0. The van der Waals surface area contributed by atoms with Crippen molar-refractivity contribution >= 4 is 17.1 Å². The molecular formula is C12H9F2N5O2. The lowest BCUT2D eigenvalue weighted by Gasteiger charge is -2.05. The highest BCUT2D eigenvalue weighted by Crippen LogP contribution is 2.23. The third-order valence-electron chi connectivity index (χ3n) is 2.71. The molecule has 0 saturated heterocycles. The standard InChI is InChI=1S/C12H9F2N5O2/c13-11(14)21-6-3-1-2-5(4-6)8-16-7-9(17-8)18-12(15)19-10(7)20/h1-4,11H,(H4,15,16,17,18,19,20). The van der Waals surface area contributed by atoms with E-state index in [2.05, 4.69) is 24.7 Å². The van der Waals surface area contributed by atoms with Gasteiger partial charge in [-0.3, -0.25) is 9.78 Å². The van der Waals surface area contributed by atoms with Gasteiger partial charge in [0.15, 0.2) is 11.2 Å². The van der Waals surface area contributed by atoms with E-state index in [0.717, 1.165) is 0 Å². The number of H-pyrrole nitrogens is 2. The van der Waals surface area contributed by atoms with E-state index in [0.29, 0.717) is 11.4 Å². The van der Waals surface area contributed by atoms with E-state index < -0.39 is 12.2 Å². The van der Waals surface area contributed by atoms with Crippen LogP contribution in [0.1, 0.15) is 0 Å². The zero-order chi connectivity index (χ0) is 15.0. The van der Waals surface area contributed by atoms with E-state index in [1.54, 1.807) is 6.07 Å². The first kappa shape index (κ1) is 13.0. The molecule has 7 nitrogen and oxygen atoms in total. The van der Waals surface area contributed by atoms with Crippen molar-refractivity contribution in [2.45, 2.75) is 6.61 Å². The SMILES string of the molecule is Nc1nc2nc(-c3cccc(OC(F)F)c3)[nH]c2c(=O)[nH]1. The molecule has 0 aliphatic carbocycles. The van der Waals surface area contributed by atoms with Crippen LogP contribution in [0, 0.1) is 0 Å². The van der Waals surface area contributed by atoms with Crippen molar-refractivity contribution in [1.82, 2.24) is 19.9 Å². The molecule has 9 heteroatoms. The molecule has 0 bridgehead atoms. The fraction of sp³-hybridized carbons (Fsp3) is 0.0833. The van der Waals surface area contributed by atoms with Gasteiger partial charge in [0.25, 0.3) is 5.56 Å². The lowest BCUT2D eigenvalue weighted by Crippen LogP contribution is -2.10. The first-order valence-electron chi connectivity index (χ1n) is 5.83. The molecule has 3 aromatic rings. The van der Waals surface area contributed by atoms with Gasteiger partial charge in [-0.1, -0.05) is 12.1 Å². The number of anilines is 1. The fourth-order valence-electron chi connectivity index (χ4n) is 1.88. The Kier molecular flexibility index (Phi) is 3.01. The number of hydrogen-bond donors (Lipinski definition) is 3. The predicted octanol–water partition coefficient (Wildman–Crippen LogP) is 1.50. The average molecular weight is 293 g/mol. The van der Waals surface area contributed by atoms with E-state index in [1.807, 2.05) is 0 Å². The molecule has 3 rings (SSSR count). The van der Waals surface area contributed by atoms with Gasteiger partial charge in [-0.25, -0.2) is 4.98 Å². The van der Waals surface area contributed by atoms with Crippen molar-refractivity contribution in [2.24, 2.45) is 0 Å². The predicted molar refractivity (Wildman–Crippen MR) is 71.0 cm³/mol. The molecule has 0 atom stereocenters. The molecule has 1 aromatic carbocycles. The summed E-state index contributed by atoms with van der Waals surface area (Å²) in [5.41, 5.74) is 5.74. The van der Waals surface area contributed by atoms with Crippen LogP contribution in [-0.4, -0.2) is 26.5 Å². The van der Waals surface area contributed by atoms with Crippen LogP contribution in [0.3, 0.4) is 0 Å². The summed E-state index contributed by atoms with van der Waals surface area (Å²) in [5, 5.41) is 0. The molecule has 0 radical (unpaired) electrons. The molecule has 0 amide bonds.